The average molecular weight is 646 g/mol. The zero-order valence-corrected chi connectivity index (χ0v) is 29.0. The van der Waals surface area contributed by atoms with Crippen molar-refractivity contribution < 1.29 is 17.9 Å². The van der Waals surface area contributed by atoms with E-state index in [0.29, 0.717) is 17.4 Å². The third-order valence-corrected chi connectivity index (χ3v) is 12.0. The maximum Gasteiger partial charge on any atom is 0.410 e. The van der Waals surface area contributed by atoms with E-state index in [2.05, 4.69) is 49.9 Å². The van der Waals surface area contributed by atoms with Crippen molar-refractivity contribution in [1.82, 2.24) is 14.1 Å². The fourth-order valence-electron chi connectivity index (χ4n) is 7.28. The number of carbonyl (C=O) groups is 1. The first-order valence-electron chi connectivity index (χ1n) is 16.8. The van der Waals surface area contributed by atoms with Crippen molar-refractivity contribution in [1.29, 1.82) is 0 Å². The molecule has 3 aromatic rings. The van der Waals surface area contributed by atoms with Gasteiger partial charge in [0.05, 0.1) is 4.90 Å². The fraction of sp³-hybridized carbons (Fsp3) is 0.500. The topological polar surface area (TPSA) is 70.2 Å². The van der Waals surface area contributed by atoms with E-state index in [0.717, 1.165) is 56.4 Å². The predicted molar refractivity (Wildman–Crippen MR) is 184 cm³/mol. The van der Waals surface area contributed by atoms with Gasteiger partial charge in [0.1, 0.15) is 6.61 Å². The molecular weight excluding hydrogens is 595 g/mol. The number of sulfonamides is 1. The maximum atomic E-state index is 13.8. The molecule has 1 unspecified atom stereocenters. The Morgan fingerprint density at radius 1 is 0.870 bits per heavy atom. The van der Waals surface area contributed by atoms with Gasteiger partial charge in [0, 0.05) is 45.3 Å². The Morgan fingerprint density at radius 2 is 1.48 bits per heavy atom. The lowest BCUT2D eigenvalue weighted by atomic mass is 9.87. The van der Waals surface area contributed by atoms with Crippen LogP contribution in [0, 0.1) is 5.92 Å². The lowest BCUT2D eigenvalue weighted by Crippen LogP contribution is -2.48. The normalized spacial score (nSPS) is 21.4. The number of nitrogens with zero attached hydrogens (tertiary/aromatic N) is 3. The summed E-state index contributed by atoms with van der Waals surface area (Å²) in [5, 5.41) is 0. The van der Waals surface area contributed by atoms with Gasteiger partial charge in [-0.3, -0.25) is 0 Å². The minimum absolute atomic E-state index is 0.0370. The summed E-state index contributed by atoms with van der Waals surface area (Å²) in [5.41, 5.74) is 3.35. The molecule has 3 atom stereocenters. The van der Waals surface area contributed by atoms with Crippen molar-refractivity contribution in [2.45, 2.75) is 88.3 Å². The number of likely N-dealkylation sites (tertiary alicyclic amines) is 1. The summed E-state index contributed by atoms with van der Waals surface area (Å²) in [4.78, 5) is 17.7. The quantitative estimate of drug-likeness (QED) is 0.232. The van der Waals surface area contributed by atoms with Crippen LogP contribution in [0.3, 0.4) is 0 Å². The van der Waals surface area contributed by atoms with Crippen LogP contribution in [0.15, 0.2) is 89.8 Å². The Kier molecular flexibility index (Phi) is 10.9. The smallest absolute Gasteiger partial charge is 0.410 e. The van der Waals surface area contributed by atoms with Crippen LogP contribution in [-0.2, 0) is 26.8 Å². The second-order valence-corrected chi connectivity index (χ2v) is 16.1. The number of piperidine rings is 1. The zero-order valence-electron chi connectivity index (χ0n) is 28.1. The Balaban J connectivity index is 1.22. The first-order valence-corrected chi connectivity index (χ1v) is 18.2. The molecule has 0 spiro atoms. The minimum atomic E-state index is -3.63. The lowest BCUT2D eigenvalue weighted by Gasteiger charge is -2.39. The Labute approximate surface area is 276 Å². The number of amides is 1. The van der Waals surface area contributed by atoms with Crippen molar-refractivity contribution in [3.8, 4) is 0 Å². The molecule has 1 saturated carbocycles. The highest BCUT2D eigenvalue weighted by Crippen LogP contribution is 2.43. The van der Waals surface area contributed by atoms with Gasteiger partial charge in [-0.2, -0.15) is 4.31 Å². The third-order valence-electron chi connectivity index (χ3n) is 10.1. The van der Waals surface area contributed by atoms with Crippen LogP contribution >= 0.6 is 0 Å². The number of benzene rings is 3. The molecule has 2 fully saturated rings. The summed E-state index contributed by atoms with van der Waals surface area (Å²) in [6.45, 7) is 12.1. The van der Waals surface area contributed by atoms with Crippen molar-refractivity contribution in [3.63, 3.8) is 0 Å². The fourth-order valence-corrected chi connectivity index (χ4v) is 8.65. The molecule has 1 amide bonds. The Hall–Kier alpha value is -3.20. The molecule has 1 saturated heterocycles. The average Bonchev–Trinajstić information content (AvgIpc) is 3.48. The number of carbonyl (C=O) groups excluding carboxylic acids is 1. The summed E-state index contributed by atoms with van der Waals surface area (Å²) < 4.78 is 34.9. The molecule has 248 valence electrons. The molecule has 0 aromatic heterocycles. The minimum Gasteiger partial charge on any atom is -0.445 e. The second-order valence-electron chi connectivity index (χ2n) is 14.1. The van der Waals surface area contributed by atoms with Gasteiger partial charge < -0.3 is 14.5 Å². The highest BCUT2D eigenvalue weighted by atomic mass is 32.2. The van der Waals surface area contributed by atoms with E-state index in [1.54, 1.807) is 23.5 Å². The van der Waals surface area contributed by atoms with Crippen molar-refractivity contribution in [3.05, 3.63) is 102 Å². The van der Waals surface area contributed by atoms with Gasteiger partial charge in [-0.1, -0.05) is 93.6 Å². The summed E-state index contributed by atoms with van der Waals surface area (Å²) >= 11 is 0. The number of ether oxygens (including phenoxy) is 1. The second kappa shape index (κ2) is 14.7. The van der Waals surface area contributed by atoms with E-state index in [1.807, 2.05) is 60.4 Å². The first-order chi connectivity index (χ1) is 22.0. The van der Waals surface area contributed by atoms with Gasteiger partial charge in [0.15, 0.2) is 0 Å². The van der Waals surface area contributed by atoms with Crippen LogP contribution < -0.4 is 0 Å². The van der Waals surface area contributed by atoms with Crippen molar-refractivity contribution >= 4 is 16.1 Å². The van der Waals surface area contributed by atoms with Crippen LogP contribution in [0.25, 0.3) is 0 Å². The molecule has 2 aliphatic rings. The first kappa shape index (κ1) is 34.1. The van der Waals surface area contributed by atoms with E-state index in [-0.39, 0.29) is 36.1 Å². The maximum absolute atomic E-state index is 13.8. The number of hydrogen-bond donors (Lipinski definition) is 0. The molecule has 0 bridgehead atoms. The summed E-state index contributed by atoms with van der Waals surface area (Å²) in [6.07, 6.45) is 3.18. The lowest BCUT2D eigenvalue weighted by molar-refractivity contribution is 0.0601. The standard InChI is InChI=1S/C38H51N3O4S/c1-6-41(37(42)45-28-29-13-9-7-10-14-29)33-21-23-40(24-22-33)27-31-25-34(26-36(31)30-15-11-8-12-16-30)39(5)46(43,44)35-19-17-32(18-20-35)38(2,3)4/h7-20,31,33-34,36H,6,21-28H2,1-5H3/t31-,34?,36-/m1/s1. The monoisotopic (exact) mass is 645 g/mol. The van der Waals surface area contributed by atoms with E-state index < -0.39 is 10.0 Å². The van der Waals surface area contributed by atoms with Crippen molar-refractivity contribution in [2.24, 2.45) is 5.92 Å². The summed E-state index contributed by atoms with van der Waals surface area (Å²) in [5.74, 6) is 0.618. The summed E-state index contributed by atoms with van der Waals surface area (Å²) in [6, 6.07) is 27.9. The van der Waals surface area contributed by atoms with Crippen LogP contribution in [0.1, 0.15) is 76.0 Å². The van der Waals surface area contributed by atoms with Crippen molar-refractivity contribution in [2.75, 3.05) is 33.2 Å². The Morgan fingerprint density at radius 3 is 2.07 bits per heavy atom. The van der Waals surface area contributed by atoms with Gasteiger partial charge in [-0.05, 0) is 78.7 Å². The zero-order chi connectivity index (χ0) is 32.9. The van der Waals surface area contributed by atoms with E-state index in [1.165, 1.54) is 5.56 Å². The molecule has 1 aliphatic carbocycles. The molecule has 5 rings (SSSR count). The van der Waals surface area contributed by atoms with Gasteiger partial charge in [-0.15, -0.1) is 0 Å². The molecule has 0 N–H and O–H groups in total. The number of rotatable bonds is 10. The molecule has 46 heavy (non-hydrogen) atoms. The third kappa shape index (κ3) is 8.01. The highest BCUT2D eigenvalue weighted by molar-refractivity contribution is 7.89. The predicted octanol–water partition coefficient (Wildman–Crippen LogP) is 7.29. The molecule has 8 heteroatoms. The van der Waals surface area contributed by atoms with Gasteiger partial charge >= 0.3 is 6.09 Å². The SMILES string of the molecule is CCN(C(=O)OCc1ccccc1)C1CCN(C[C@H]2CC(N(C)S(=O)(=O)c3ccc(C(C)(C)C)cc3)C[C@@H]2c2ccccc2)CC1. The summed E-state index contributed by atoms with van der Waals surface area (Å²) in [7, 11) is -1.87. The number of hydrogen-bond acceptors (Lipinski definition) is 5. The van der Waals surface area contributed by atoms with Crippen LogP contribution in [0.5, 0.6) is 0 Å². The highest BCUT2D eigenvalue weighted by Gasteiger charge is 2.42. The van der Waals surface area contributed by atoms with Crippen LogP contribution in [-0.4, -0.2) is 73.9 Å². The Bertz CT molecular complexity index is 1520. The largest absolute Gasteiger partial charge is 0.445 e. The van der Waals surface area contributed by atoms with E-state index >= 15 is 0 Å². The van der Waals surface area contributed by atoms with E-state index in [4.69, 9.17) is 4.74 Å². The van der Waals surface area contributed by atoms with Gasteiger partial charge in [0.2, 0.25) is 10.0 Å². The molecular formula is C38H51N3O4S. The van der Waals surface area contributed by atoms with Crippen LogP contribution in [0.4, 0.5) is 4.79 Å². The van der Waals surface area contributed by atoms with Gasteiger partial charge in [-0.25, -0.2) is 13.2 Å². The van der Waals surface area contributed by atoms with E-state index in [9.17, 15) is 13.2 Å². The molecule has 0 radical (unpaired) electrons. The molecule has 1 heterocycles. The molecule has 3 aromatic carbocycles. The van der Waals surface area contributed by atoms with Crippen LogP contribution in [0.2, 0.25) is 0 Å². The van der Waals surface area contributed by atoms with Gasteiger partial charge in [0.25, 0.3) is 0 Å². The molecule has 7 nitrogen and oxygen atoms in total. The molecule has 1 aliphatic heterocycles.